The Bertz CT molecular complexity index is 680. The quantitative estimate of drug-likeness (QED) is 0.891. The first-order valence-corrected chi connectivity index (χ1v) is 6.78. The Morgan fingerprint density at radius 3 is 2.64 bits per heavy atom. The number of benzene rings is 1. The molecule has 0 saturated heterocycles. The summed E-state index contributed by atoms with van der Waals surface area (Å²) in [4.78, 5) is 11.8. The van der Waals surface area contributed by atoms with Gasteiger partial charge in [-0.05, 0) is 37.6 Å². The predicted molar refractivity (Wildman–Crippen MR) is 76.1 cm³/mol. The van der Waals surface area contributed by atoms with Gasteiger partial charge in [-0.15, -0.1) is 0 Å². The molecule has 0 aliphatic carbocycles. The number of hydrogen-bond donors (Lipinski definition) is 2. The lowest BCUT2D eigenvalue weighted by molar-refractivity contribution is -0.121. The highest BCUT2D eigenvalue weighted by Crippen LogP contribution is 2.22. The fraction of sp³-hybridized carbons (Fsp3) is 0.312. The molecule has 0 aliphatic rings. The molecule has 0 spiro atoms. The lowest BCUT2D eigenvalue weighted by Gasteiger charge is -2.21. The Labute approximate surface area is 126 Å². The van der Waals surface area contributed by atoms with Gasteiger partial charge in [-0.1, -0.05) is 6.07 Å². The number of furan rings is 1. The number of aryl methyl sites for hydroxylation is 1. The van der Waals surface area contributed by atoms with E-state index in [4.69, 9.17) is 4.42 Å². The van der Waals surface area contributed by atoms with Crippen LogP contribution in [-0.4, -0.2) is 17.6 Å². The third-order valence-corrected chi connectivity index (χ3v) is 3.27. The maximum atomic E-state index is 13.5. The minimum Gasteiger partial charge on any atom is -0.463 e. The lowest BCUT2D eigenvalue weighted by Crippen LogP contribution is -2.39. The maximum Gasteiger partial charge on any atom is 0.224 e. The molecule has 2 N–H and O–H groups in total. The fourth-order valence-electron chi connectivity index (χ4n) is 1.98. The summed E-state index contributed by atoms with van der Waals surface area (Å²) >= 11 is 0. The molecule has 0 aliphatic heterocycles. The van der Waals surface area contributed by atoms with Crippen molar-refractivity contribution in [3.8, 4) is 0 Å². The second-order valence-electron chi connectivity index (χ2n) is 5.37. The summed E-state index contributed by atoms with van der Waals surface area (Å²) in [6, 6.07) is 6.37. The number of aliphatic hydroxyl groups is 1. The number of rotatable bonds is 5. The van der Waals surface area contributed by atoms with E-state index in [1.54, 1.807) is 19.1 Å². The van der Waals surface area contributed by atoms with E-state index in [0.717, 1.165) is 12.1 Å². The zero-order chi connectivity index (χ0) is 16.3. The van der Waals surface area contributed by atoms with Crippen LogP contribution in [0.25, 0.3) is 0 Å². The summed E-state index contributed by atoms with van der Waals surface area (Å²) in [6.07, 6.45) is -0.237. The molecule has 0 fully saturated rings. The van der Waals surface area contributed by atoms with Gasteiger partial charge in [-0.2, -0.15) is 0 Å². The third-order valence-electron chi connectivity index (χ3n) is 3.27. The summed E-state index contributed by atoms with van der Waals surface area (Å²) in [7, 11) is 0. The first-order valence-electron chi connectivity index (χ1n) is 6.78. The number of hydrogen-bond acceptors (Lipinski definition) is 3. The van der Waals surface area contributed by atoms with Gasteiger partial charge < -0.3 is 14.8 Å². The largest absolute Gasteiger partial charge is 0.463 e. The molecule has 4 nitrogen and oxygen atoms in total. The number of nitrogens with one attached hydrogen (secondary N) is 1. The number of carbonyl (C=O) groups excluding carboxylic acids is 1. The highest BCUT2D eigenvalue weighted by molar-refractivity contribution is 5.78. The minimum atomic E-state index is -1.37. The fourth-order valence-corrected chi connectivity index (χ4v) is 1.98. The van der Waals surface area contributed by atoms with Crippen molar-refractivity contribution in [2.75, 3.05) is 6.54 Å². The molecule has 0 bridgehead atoms. The molecule has 1 heterocycles. The highest BCUT2D eigenvalue weighted by atomic mass is 19.1. The molecular weight excluding hydrogens is 292 g/mol. The van der Waals surface area contributed by atoms with Crippen LogP contribution in [0.1, 0.15) is 24.0 Å². The van der Waals surface area contributed by atoms with E-state index in [1.165, 1.54) is 13.0 Å². The van der Waals surface area contributed by atoms with Crippen LogP contribution in [0.2, 0.25) is 0 Å². The molecule has 2 rings (SSSR count). The molecule has 2 aromatic rings. The first-order chi connectivity index (χ1) is 10.3. The minimum absolute atomic E-state index is 0.0817. The molecule has 22 heavy (non-hydrogen) atoms. The summed E-state index contributed by atoms with van der Waals surface area (Å²) in [5.41, 5.74) is -1.28. The zero-order valence-electron chi connectivity index (χ0n) is 12.3. The van der Waals surface area contributed by atoms with Gasteiger partial charge in [0.25, 0.3) is 0 Å². The second kappa shape index (κ2) is 6.27. The van der Waals surface area contributed by atoms with Crippen LogP contribution in [0.3, 0.4) is 0 Å². The van der Waals surface area contributed by atoms with Gasteiger partial charge in [0.05, 0.1) is 13.0 Å². The van der Waals surface area contributed by atoms with E-state index >= 15 is 0 Å². The molecule has 1 atom stereocenters. The SMILES string of the molecule is Cc1ccc(C(C)(O)CNC(=O)Cc2ccc(F)cc2F)o1. The molecule has 0 saturated carbocycles. The van der Waals surface area contributed by atoms with Crippen molar-refractivity contribution in [2.24, 2.45) is 0 Å². The van der Waals surface area contributed by atoms with Crippen LogP contribution >= 0.6 is 0 Å². The van der Waals surface area contributed by atoms with Crippen molar-refractivity contribution >= 4 is 5.91 Å². The smallest absolute Gasteiger partial charge is 0.224 e. The highest BCUT2D eigenvalue weighted by Gasteiger charge is 2.27. The monoisotopic (exact) mass is 309 g/mol. The summed E-state index contributed by atoms with van der Waals surface area (Å²) < 4.78 is 31.6. The van der Waals surface area contributed by atoms with Gasteiger partial charge >= 0.3 is 0 Å². The molecule has 1 unspecified atom stereocenters. The van der Waals surface area contributed by atoms with Crippen molar-refractivity contribution in [1.82, 2.24) is 5.32 Å². The van der Waals surface area contributed by atoms with E-state index in [2.05, 4.69) is 5.32 Å². The van der Waals surface area contributed by atoms with Crippen LogP contribution in [0.15, 0.2) is 34.7 Å². The van der Waals surface area contributed by atoms with E-state index in [-0.39, 0.29) is 18.5 Å². The normalized spacial score (nSPS) is 13.7. The van der Waals surface area contributed by atoms with E-state index < -0.39 is 23.1 Å². The zero-order valence-corrected chi connectivity index (χ0v) is 12.3. The predicted octanol–water partition coefficient (Wildman–Crippen LogP) is 2.43. The Balaban J connectivity index is 1.95. The Morgan fingerprint density at radius 1 is 1.32 bits per heavy atom. The van der Waals surface area contributed by atoms with Gasteiger partial charge in [-0.25, -0.2) is 8.78 Å². The van der Waals surface area contributed by atoms with Crippen LogP contribution in [0, 0.1) is 18.6 Å². The summed E-state index contributed by atoms with van der Waals surface area (Å²) in [5, 5.41) is 12.8. The molecular formula is C16H17F2NO3. The molecule has 1 aromatic heterocycles. The van der Waals surface area contributed by atoms with Gasteiger partial charge in [0.2, 0.25) is 5.91 Å². The van der Waals surface area contributed by atoms with Gasteiger partial charge in [0.1, 0.15) is 28.8 Å². The standard InChI is InChI=1S/C16H17F2NO3/c1-10-3-6-14(22-10)16(2,21)9-19-15(20)7-11-4-5-12(17)8-13(11)18/h3-6,8,21H,7,9H2,1-2H3,(H,19,20). The average molecular weight is 309 g/mol. The average Bonchev–Trinajstić information content (AvgIpc) is 2.87. The maximum absolute atomic E-state index is 13.5. The lowest BCUT2D eigenvalue weighted by atomic mass is 10.0. The molecule has 118 valence electrons. The summed E-state index contributed by atoms with van der Waals surface area (Å²) in [6.45, 7) is 3.17. The van der Waals surface area contributed by atoms with Crippen molar-refractivity contribution in [3.05, 3.63) is 59.1 Å². The molecule has 0 radical (unpaired) electrons. The van der Waals surface area contributed by atoms with E-state index in [0.29, 0.717) is 11.5 Å². The van der Waals surface area contributed by atoms with E-state index in [1.807, 2.05) is 0 Å². The number of amides is 1. The van der Waals surface area contributed by atoms with Crippen LogP contribution in [0.5, 0.6) is 0 Å². The first kappa shape index (κ1) is 16.2. The number of halogens is 2. The van der Waals surface area contributed by atoms with Crippen LogP contribution in [0.4, 0.5) is 8.78 Å². The topological polar surface area (TPSA) is 62.5 Å². The van der Waals surface area contributed by atoms with Crippen molar-refractivity contribution in [1.29, 1.82) is 0 Å². The van der Waals surface area contributed by atoms with Crippen LogP contribution < -0.4 is 5.32 Å². The molecule has 6 heteroatoms. The van der Waals surface area contributed by atoms with Gasteiger partial charge in [-0.3, -0.25) is 4.79 Å². The van der Waals surface area contributed by atoms with Gasteiger partial charge in [0.15, 0.2) is 0 Å². The summed E-state index contributed by atoms with van der Waals surface area (Å²) in [5.74, 6) is -0.969. The van der Waals surface area contributed by atoms with Crippen molar-refractivity contribution in [3.63, 3.8) is 0 Å². The third kappa shape index (κ3) is 3.92. The van der Waals surface area contributed by atoms with Crippen molar-refractivity contribution < 1.29 is 23.1 Å². The Morgan fingerprint density at radius 2 is 2.05 bits per heavy atom. The molecule has 1 aromatic carbocycles. The van der Waals surface area contributed by atoms with E-state index in [9.17, 15) is 18.7 Å². The Hall–Kier alpha value is -2.21. The van der Waals surface area contributed by atoms with Crippen LogP contribution in [-0.2, 0) is 16.8 Å². The van der Waals surface area contributed by atoms with Gasteiger partial charge in [0, 0.05) is 6.07 Å². The second-order valence-corrected chi connectivity index (χ2v) is 5.37. The Kier molecular flexibility index (Phi) is 4.61. The number of carbonyl (C=O) groups is 1. The van der Waals surface area contributed by atoms with Crippen molar-refractivity contribution in [2.45, 2.75) is 25.9 Å². The molecule has 1 amide bonds.